The molecule has 1 amide bonds. The van der Waals surface area contributed by atoms with Crippen molar-refractivity contribution in [2.24, 2.45) is 0 Å². The molecule has 0 saturated heterocycles. The molecule has 6 nitrogen and oxygen atoms in total. The van der Waals surface area contributed by atoms with Crippen LogP contribution in [0.1, 0.15) is 35.1 Å². The summed E-state index contributed by atoms with van der Waals surface area (Å²) in [6.07, 6.45) is -5.53. The molecule has 180 valence electrons. The Morgan fingerprint density at radius 3 is 2.50 bits per heavy atom. The molecule has 1 heterocycles. The van der Waals surface area contributed by atoms with Gasteiger partial charge in [-0.3, -0.25) is 9.59 Å². The largest absolute Gasteiger partial charge is 0.481 e. The number of halogens is 5. The molecule has 2 aromatic carbocycles. The number of hydrogen-bond donors (Lipinski definition) is 2. The van der Waals surface area contributed by atoms with Gasteiger partial charge in [0.05, 0.1) is 23.2 Å². The highest BCUT2D eigenvalue weighted by Gasteiger charge is 2.34. The Morgan fingerprint density at radius 1 is 1.15 bits per heavy atom. The fraction of sp³-hybridized carbons (Fsp3) is 0.261. The molecule has 0 spiro atoms. The molecule has 0 bridgehead atoms. The summed E-state index contributed by atoms with van der Waals surface area (Å²) in [7, 11) is 0. The highest BCUT2D eigenvalue weighted by atomic mass is 35.5. The van der Waals surface area contributed by atoms with E-state index in [0.29, 0.717) is 21.5 Å². The maximum absolute atomic E-state index is 13.3. The summed E-state index contributed by atoms with van der Waals surface area (Å²) in [6, 6.07) is 4.84. The first-order valence-corrected chi connectivity index (χ1v) is 10.4. The number of carbonyl (C=O) groups is 2. The van der Waals surface area contributed by atoms with Gasteiger partial charge in [-0.2, -0.15) is 13.2 Å². The highest BCUT2D eigenvalue weighted by molar-refractivity contribution is 6.32. The van der Waals surface area contributed by atoms with Gasteiger partial charge in [-0.05, 0) is 55.2 Å². The quantitative estimate of drug-likeness (QED) is 0.330. The molecule has 0 fully saturated rings. The molecule has 34 heavy (non-hydrogen) atoms. The number of rotatable bonds is 7. The first kappa shape index (κ1) is 25.2. The fourth-order valence-corrected chi connectivity index (χ4v) is 3.68. The van der Waals surface area contributed by atoms with Crippen molar-refractivity contribution in [3.05, 3.63) is 73.8 Å². The second kappa shape index (κ2) is 9.84. The van der Waals surface area contributed by atoms with Gasteiger partial charge in [0.2, 0.25) is 5.91 Å². The van der Waals surface area contributed by atoms with Gasteiger partial charge >= 0.3 is 17.8 Å². The SMILES string of the molecule is Cc1cc2c(CCCC(=O)O)c(CC(=O)Nc3ccc(F)cc3C(F)(F)F)c(=O)oc2cc1Cl. The molecule has 0 saturated carbocycles. The van der Waals surface area contributed by atoms with E-state index in [9.17, 15) is 31.9 Å². The summed E-state index contributed by atoms with van der Waals surface area (Å²) >= 11 is 6.09. The lowest BCUT2D eigenvalue weighted by atomic mass is 9.96. The minimum Gasteiger partial charge on any atom is -0.481 e. The Labute approximate surface area is 195 Å². The smallest absolute Gasteiger partial charge is 0.418 e. The van der Waals surface area contributed by atoms with E-state index in [0.717, 1.165) is 12.1 Å². The topological polar surface area (TPSA) is 96.6 Å². The first-order chi connectivity index (χ1) is 15.9. The molecule has 11 heteroatoms. The van der Waals surface area contributed by atoms with Crippen LogP contribution in [0.25, 0.3) is 11.0 Å². The minimum absolute atomic E-state index is 0.0996. The zero-order chi connectivity index (χ0) is 25.2. The molecule has 0 atom stereocenters. The van der Waals surface area contributed by atoms with Gasteiger partial charge < -0.3 is 14.8 Å². The summed E-state index contributed by atoms with van der Waals surface area (Å²) in [5, 5.41) is 11.8. The normalized spacial score (nSPS) is 11.6. The number of benzene rings is 2. The van der Waals surface area contributed by atoms with Crippen LogP contribution in [0.3, 0.4) is 0 Å². The molecule has 1 aromatic heterocycles. The maximum atomic E-state index is 13.3. The van der Waals surface area contributed by atoms with Crippen molar-refractivity contribution < 1.29 is 36.7 Å². The van der Waals surface area contributed by atoms with Gasteiger partial charge in [0.15, 0.2) is 0 Å². The molecule has 0 aliphatic heterocycles. The molecule has 0 aliphatic carbocycles. The number of aryl methyl sites for hydroxylation is 2. The van der Waals surface area contributed by atoms with Crippen LogP contribution in [0.2, 0.25) is 5.02 Å². The molecule has 2 N–H and O–H groups in total. The minimum atomic E-state index is -4.93. The van der Waals surface area contributed by atoms with E-state index in [1.807, 2.05) is 0 Å². The van der Waals surface area contributed by atoms with Crippen molar-refractivity contribution in [2.45, 2.75) is 38.8 Å². The number of hydrogen-bond acceptors (Lipinski definition) is 4. The van der Waals surface area contributed by atoms with Crippen molar-refractivity contribution in [2.75, 3.05) is 5.32 Å². The average Bonchev–Trinajstić information content (AvgIpc) is 2.72. The number of alkyl halides is 3. The van der Waals surface area contributed by atoms with Crippen molar-refractivity contribution in [3.8, 4) is 0 Å². The van der Waals surface area contributed by atoms with Gasteiger partial charge in [0, 0.05) is 22.9 Å². The predicted molar refractivity (Wildman–Crippen MR) is 117 cm³/mol. The van der Waals surface area contributed by atoms with Crippen molar-refractivity contribution in [1.29, 1.82) is 0 Å². The van der Waals surface area contributed by atoms with Gasteiger partial charge in [-0.1, -0.05) is 11.6 Å². The van der Waals surface area contributed by atoms with Gasteiger partial charge in [0.1, 0.15) is 11.4 Å². The monoisotopic (exact) mass is 499 g/mol. The third-order valence-corrected chi connectivity index (χ3v) is 5.52. The Balaban J connectivity index is 2.01. The molecule has 0 unspecified atom stereocenters. The summed E-state index contributed by atoms with van der Waals surface area (Å²) < 4.78 is 58.3. The fourth-order valence-electron chi connectivity index (χ4n) is 3.53. The zero-order valence-electron chi connectivity index (χ0n) is 17.7. The molecule has 3 rings (SSSR count). The molecular weight excluding hydrogens is 482 g/mol. The summed E-state index contributed by atoms with van der Waals surface area (Å²) in [5.74, 6) is -3.15. The van der Waals surface area contributed by atoms with Crippen LogP contribution in [-0.4, -0.2) is 17.0 Å². The number of carboxylic acids is 1. The number of nitrogens with one attached hydrogen (secondary N) is 1. The number of carboxylic acid groups (broad SMARTS) is 1. The van der Waals surface area contributed by atoms with Gasteiger partial charge in [-0.25, -0.2) is 9.18 Å². The van der Waals surface area contributed by atoms with Crippen LogP contribution in [0.5, 0.6) is 0 Å². The van der Waals surface area contributed by atoms with E-state index in [4.69, 9.17) is 21.1 Å². The lowest BCUT2D eigenvalue weighted by Gasteiger charge is -2.15. The second-order valence-electron chi connectivity index (χ2n) is 7.60. The van der Waals surface area contributed by atoms with Crippen molar-refractivity contribution >= 4 is 40.1 Å². The average molecular weight is 500 g/mol. The van der Waals surface area contributed by atoms with Crippen LogP contribution in [0, 0.1) is 12.7 Å². The van der Waals surface area contributed by atoms with E-state index in [1.54, 1.807) is 13.0 Å². The second-order valence-corrected chi connectivity index (χ2v) is 8.01. The van der Waals surface area contributed by atoms with Crippen molar-refractivity contribution in [1.82, 2.24) is 0 Å². The van der Waals surface area contributed by atoms with E-state index in [-0.39, 0.29) is 36.5 Å². The van der Waals surface area contributed by atoms with Crippen LogP contribution in [-0.2, 0) is 28.6 Å². The number of anilines is 1. The van der Waals surface area contributed by atoms with Crippen LogP contribution in [0.4, 0.5) is 23.2 Å². The number of fused-ring (bicyclic) bond motifs is 1. The first-order valence-electron chi connectivity index (χ1n) is 10.00. The highest BCUT2D eigenvalue weighted by Crippen LogP contribution is 2.35. The Kier molecular flexibility index (Phi) is 7.30. The third kappa shape index (κ3) is 5.74. The standard InChI is InChI=1S/C23H18ClF4NO5/c1-11-7-14-13(3-2-4-21(31)32)15(22(33)34-19(14)10-17(11)24)9-20(30)29-18-6-5-12(25)8-16(18)23(26,27)28/h5-8,10H,2-4,9H2,1H3,(H,29,30)(H,31,32). The van der Waals surface area contributed by atoms with E-state index in [2.05, 4.69) is 5.32 Å². The molecular formula is C23H18ClF4NO5. The molecule has 3 aromatic rings. The maximum Gasteiger partial charge on any atom is 0.418 e. The number of aliphatic carboxylic acids is 1. The Bertz CT molecular complexity index is 1330. The van der Waals surface area contributed by atoms with Gasteiger partial charge in [-0.15, -0.1) is 0 Å². The summed E-state index contributed by atoms with van der Waals surface area (Å²) in [6.45, 7) is 1.70. The van der Waals surface area contributed by atoms with E-state index < -0.39 is 47.2 Å². The van der Waals surface area contributed by atoms with Crippen LogP contribution >= 0.6 is 11.6 Å². The van der Waals surface area contributed by atoms with E-state index >= 15 is 0 Å². The Morgan fingerprint density at radius 2 is 1.85 bits per heavy atom. The number of carbonyl (C=O) groups excluding carboxylic acids is 1. The predicted octanol–water partition coefficient (Wildman–Crippen LogP) is 5.50. The van der Waals surface area contributed by atoms with Crippen LogP contribution < -0.4 is 10.9 Å². The number of amides is 1. The lowest BCUT2D eigenvalue weighted by Crippen LogP contribution is -2.23. The molecule has 0 aliphatic rings. The Hall–Kier alpha value is -3.40. The summed E-state index contributed by atoms with van der Waals surface area (Å²) in [5.41, 5.74) is -1.95. The van der Waals surface area contributed by atoms with Crippen LogP contribution in [0.15, 0.2) is 39.5 Å². The van der Waals surface area contributed by atoms with E-state index in [1.165, 1.54) is 6.07 Å². The third-order valence-electron chi connectivity index (χ3n) is 5.12. The van der Waals surface area contributed by atoms with Crippen molar-refractivity contribution in [3.63, 3.8) is 0 Å². The zero-order valence-corrected chi connectivity index (χ0v) is 18.4. The lowest BCUT2D eigenvalue weighted by molar-refractivity contribution is -0.138. The van der Waals surface area contributed by atoms with Gasteiger partial charge in [0.25, 0.3) is 0 Å². The summed E-state index contributed by atoms with van der Waals surface area (Å²) in [4.78, 5) is 36.2. The molecule has 0 radical (unpaired) electrons.